The molecule has 1 N–H and O–H groups in total. The van der Waals surface area contributed by atoms with Gasteiger partial charge in [0.2, 0.25) is 5.91 Å². The highest BCUT2D eigenvalue weighted by atomic mass is 16.5. The fraction of sp³-hybridized carbons (Fsp3) is 0.909. The van der Waals surface area contributed by atoms with E-state index in [4.69, 9.17) is 4.74 Å². The van der Waals surface area contributed by atoms with Crippen LogP contribution in [-0.4, -0.2) is 25.2 Å². The average Bonchev–Trinajstić information content (AvgIpc) is 2.62. The lowest BCUT2D eigenvalue weighted by atomic mass is 10.00. The SMILES string of the molecule is CCCC(=O)NCC1CCOC1CC. The van der Waals surface area contributed by atoms with Gasteiger partial charge in [0, 0.05) is 25.5 Å². The Morgan fingerprint density at radius 2 is 2.29 bits per heavy atom. The summed E-state index contributed by atoms with van der Waals surface area (Å²) in [5.41, 5.74) is 0. The highest BCUT2D eigenvalue weighted by molar-refractivity contribution is 5.75. The van der Waals surface area contributed by atoms with E-state index in [-0.39, 0.29) is 5.91 Å². The first-order chi connectivity index (χ1) is 6.77. The average molecular weight is 199 g/mol. The van der Waals surface area contributed by atoms with Crippen molar-refractivity contribution in [1.29, 1.82) is 0 Å². The third-order valence-electron chi connectivity index (χ3n) is 2.79. The van der Waals surface area contributed by atoms with E-state index in [2.05, 4.69) is 12.2 Å². The maximum absolute atomic E-state index is 11.2. The number of nitrogens with one attached hydrogen (secondary N) is 1. The molecular formula is C11H21NO2. The minimum Gasteiger partial charge on any atom is -0.378 e. The van der Waals surface area contributed by atoms with Crippen LogP contribution in [0.25, 0.3) is 0 Å². The van der Waals surface area contributed by atoms with Crippen molar-refractivity contribution in [3.63, 3.8) is 0 Å². The van der Waals surface area contributed by atoms with Gasteiger partial charge < -0.3 is 10.1 Å². The molecule has 0 bridgehead atoms. The molecule has 0 saturated carbocycles. The van der Waals surface area contributed by atoms with Crippen molar-refractivity contribution in [3.05, 3.63) is 0 Å². The van der Waals surface area contributed by atoms with Gasteiger partial charge in [0.25, 0.3) is 0 Å². The zero-order chi connectivity index (χ0) is 10.4. The molecule has 3 heteroatoms. The summed E-state index contributed by atoms with van der Waals surface area (Å²) in [5.74, 6) is 0.704. The van der Waals surface area contributed by atoms with Crippen molar-refractivity contribution in [2.24, 2.45) is 5.92 Å². The maximum Gasteiger partial charge on any atom is 0.219 e. The normalized spacial score (nSPS) is 26.4. The van der Waals surface area contributed by atoms with Gasteiger partial charge in [-0.15, -0.1) is 0 Å². The summed E-state index contributed by atoms with van der Waals surface area (Å²) < 4.78 is 5.56. The molecule has 1 fully saturated rings. The molecule has 1 aliphatic rings. The fourth-order valence-electron chi connectivity index (χ4n) is 1.94. The van der Waals surface area contributed by atoms with E-state index in [1.54, 1.807) is 0 Å². The molecule has 82 valence electrons. The van der Waals surface area contributed by atoms with Crippen molar-refractivity contribution < 1.29 is 9.53 Å². The second kappa shape index (κ2) is 6.02. The van der Waals surface area contributed by atoms with Gasteiger partial charge in [-0.05, 0) is 19.3 Å². The van der Waals surface area contributed by atoms with E-state index in [0.717, 1.165) is 32.4 Å². The Balaban J connectivity index is 2.20. The molecule has 0 spiro atoms. The predicted molar refractivity (Wildman–Crippen MR) is 56.1 cm³/mol. The third kappa shape index (κ3) is 3.29. The van der Waals surface area contributed by atoms with Gasteiger partial charge in [0.05, 0.1) is 6.10 Å². The predicted octanol–water partition coefficient (Wildman–Crippen LogP) is 1.72. The molecule has 1 saturated heterocycles. The molecule has 0 aliphatic carbocycles. The number of amides is 1. The second-order valence-electron chi connectivity index (χ2n) is 3.92. The van der Waals surface area contributed by atoms with E-state index in [1.165, 1.54) is 0 Å². The smallest absolute Gasteiger partial charge is 0.219 e. The number of ether oxygens (including phenoxy) is 1. The Labute approximate surface area is 86.2 Å². The Morgan fingerprint density at radius 1 is 1.50 bits per heavy atom. The van der Waals surface area contributed by atoms with Crippen molar-refractivity contribution in [2.75, 3.05) is 13.2 Å². The molecule has 1 amide bonds. The maximum atomic E-state index is 11.2. The van der Waals surface area contributed by atoms with Crippen molar-refractivity contribution in [2.45, 2.75) is 45.6 Å². The highest BCUT2D eigenvalue weighted by Gasteiger charge is 2.26. The molecule has 3 nitrogen and oxygen atoms in total. The third-order valence-corrected chi connectivity index (χ3v) is 2.79. The van der Waals surface area contributed by atoms with Crippen LogP contribution in [0.15, 0.2) is 0 Å². The fourth-order valence-corrected chi connectivity index (χ4v) is 1.94. The minimum absolute atomic E-state index is 0.175. The molecule has 2 unspecified atom stereocenters. The second-order valence-corrected chi connectivity index (χ2v) is 3.92. The number of hydrogen-bond acceptors (Lipinski definition) is 2. The molecule has 1 aliphatic heterocycles. The molecule has 14 heavy (non-hydrogen) atoms. The van der Waals surface area contributed by atoms with Crippen LogP contribution in [0.3, 0.4) is 0 Å². The molecule has 0 aromatic rings. The molecule has 0 radical (unpaired) electrons. The van der Waals surface area contributed by atoms with E-state index in [1.807, 2.05) is 6.92 Å². The summed E-state index contributed by atoms with van der Waals surface area (Å²) in [6.45, 7) is 5.80. The van der Waals surface area contributed by atoms with Gasteiger partial charge in [0.1, 0.15) is 0 Å². The lowest BCUT2D eigenvalue weighted by Gasteiger charge is -2.16. The summed E-state index contributed by atoms with van der Waals surface area (Å²) in [7, 11) is 0. The van der Waals surface area contributed by atoms with Gasteiger partial charge >= 0.3 is 0 Å². The number of hydrogen-bond donors (Lipinski definition) is 1. The van der Waals surface area contributed by atoms with Crippen LogP contribution in [0.2, 0.25) is 0 Å². The Kier molecular flexibility index (Phi) is 4.94. The van der Waals surface area contributed by atoms with Gasteiger partial charge in [0.15, 0.2) is 0 Å². The number of carbonyl (C=O) groups excluding carboxylic acids is 1. The van der Waals surface area contributed by atoms with Crippen LogP contribution < -0.4 is 5.32 Å². The van der Waals surface area contributed by atoms with Crippen LogP contribution in [0.1, 0.15) is 39.5 Å². The molecule has 1 rings (SSSR count). The first-order valence-corrected chi connectivity index (χ1v) is 5.66. The molecule has 1 heterocycles. The summed E-state index contributed by atoms with van der Waals surface area (Å²) in [5, 5.41) is 2.97. The summed E-state index contributed by atoms with van der Waals surface area (Å²) in [4.78, 5) is 11.2. The van der Waals surface area contributed by atoms with Crippen LogP contribution in [-0.2, 0) is 9.53 Å². The highest BCUT2D eigenvalue weighted by Crippen LogP contribution is 2.22. The van der Waals surface area contributed by atoms with Crippen LogP contribution in [0.5, 0.6) is 0 Å². The number of rotatable bonds is 5. The van der Waals surface area contributed by atoms with Gasteiger partial charge in [-0.3, -0.25) is 4.79 Å². The molecule has 0 aromatic carbocycles. The summed E-state index contributed by atoms with van der Waals surface area (Å²) >= 11 is 0. The first kappa shape index (κ1) is 11.5. The van der Waals surface area contributed by atoms with E-state index >= 15 is 0 Å². The van der Waals surface area contributed by atoms with E-state index in [9.17, 15) is 4.79 Å². The van der Waals surface area contributed by atoms with Crippen LogP contribution in [0.4, 0.5) is 0 Å². The Hall–Kier alpha value is -0.570. The number of carbonyl (C=O) groups is 1. The zero-order valence-corrected chi connectivity index (χ0v) is 9.21. The molecule has 0 aromatic heterocycles. The van der Waals surface area contributed by atoms with Crippen molar-refractivity contribution >= 4 is 5.91 Å². The van der Waals surface area contributed by atoms with Gasteiger partial charge in [-0.25, -0.2) is 0 Å². The monoisotopic (exact) mass is 199 g/mol. The Morgan fingerprint density at radius 3 is 2.93 bits per heavy atom. The van der Waals surface area contributed by atoms with Gasteiger partial charge in [-0.1, -0.05) is 13.8 Å². The largest absolute Gasteiger partial charge is 0.378 e. The Bertz CT molecular complexity index is 182. The topological polar surface area (TPSA) is 38.3 Å². The lowest BCUT2D eigenvalue weighted by Crippen LogP contribution is -2.32. The quantitative estimate of drug-likeness (QED) is 0.732. The zero-order valence-electron chi connectivity index (χ0n) is 9.21. The van der Waals surface area contributed by atoms with Crippen molar-refractivity contribution in [1.82, 2.24) is 5.32 Å². The summed E-state index contributed by atoms with van der Waals surface area (Å²) in [6.07, 6.45) is 4.06. The van der Waals surface area contributed by atoms with Crippen LogP contribution in [0, 0.1) is 5.92 Å². The summed E-state index contributed by atoms with van der Waals surface area (Å²) in [6, 6.07) is 0. The molecule has 2 atom stereocenters. The van der Waals surface area contributed by atoms with Crippen molar-refractivity contribution in [3.8, 4) is 0 Å². The molecular weight excluding hydrogens is 178 g/mol. The van der Waals surface area contributed by atoms with Crippen LogP contribution >= 0.6 is 0 Å². The van der Waals surface area contributed by atoms with E-state index in [0.29, 0.717) is 18.4 Å². The van der Waals surface area contributed by atoms with Gasteiger partial charge in [-0.2, -0.15) is 0 Å². The van der Waals surface area contributed by atoms with E-state index < -0.39 is 0 Å². The first-order valence-electron chi connectivity index (χ1n) is 5.66. The minimum atomic E-state index is 0.175. The standard InChI is InChI=1S/C11H21NO2/c1-3-5-11(13)12-8-9-6-7-14-10(9)4-2/h9-10H,3-8H2,1-2H3,(H,12,13). The lowest BCUT2D eigenvalue weighted by molar-refractivity contribution is -0.121.